The second-order valence-electron chi connectivity index (χ2n) is 7.41. The third-order valence-electron chi connectivity index (χ3n) is 5.24. The number of carbonyl (C=O) groups is 1. The van der Waals surface area contributed by atoms with Gasteiger partial charge in [-0.05, 0) is 29.7 Å². The molecule has 4 rings (SSSR count). The molecule has 1 aliphatic heterocycles. The molecule has 1 aromatic heterocycles. The van der Waals surface area contributed by atoms with Crippen LogP contribution in [0.5, 0.6) is 0 Å². The summed E-state index contributed by atoms with van der Waals surface area (Å²) in [5, 5.41) is 13.1. The molecule has 2 heterocycles. The molecule has 1 atom stereocenters. The number of aliphatic hydroxyl groups is 1. The fourth-order valence-corrected chi connectivity index (χ4v) is 3.75. The first-order valence-electron chi connectivity index (χ1n) is 9.85. The number of nitrogens with zero attached hydrogens (tertiary/aromatic N) is 2. The highest BCUT2D eigenvalue weighted by atomic mass is 16.3. The molecule has 0 spiro atoms. The minimum absolute atomic E-state index is 0.0662. The van der Waals surface area contributed by atoms with E-state index in [9.17, 15) is 9.90 Å². The number of hydrogen-bond acceptors (Lipinski definition) is 4. The van der Waals surface area contributed by atoms with Crippen LogP contribution in [0.25, 0.3) is 11.0 Å². The molecule has 6 nitrogen and oxygen atoms in total. The number of aromatic amines is 1. The maximum Gasteiger partial charge on any atom is 0.220 e. The lowest BCUT2D eigenvalue weighted by Crippen LogP contribution is -2.42. The fraction of sp³-hybridized carbons (Fsp3) is 0.364. The van der Waals surface area contributed by atoms with E-state index >= 15 is 0 Å². The normalized spacial score (nSPS) is 15.3. The van der Waals surface area contributed by atoms with E-state index < -0.39 is 6.10 Å². The molecule has 3 aromatic rings. The summed E-state index contributed by atoms with van der Waals surface area (Å²) in [5.41, 5.74) is 4.62. The van der Waals surface area contributed by atoms with Crippen molar-refractivity contribution in [2.75, 3.05) is 19.6 Å². The van der Waals surface area contributed by atoms with Gasteiger partial charge >= 0.3 is 0 Å². The van der Waals surface area contributed by atoms with Crippen LogP contribution < -0.4 is 5.32 Å². The largest absolute Gasteiger partial charge is 0.390 e. The smallest absolute Gasteiger partial charge is 0.220 e. The van der Waals surface area contributed by atoms with Crippen molar-refractivity contribution >= 4 is 16.9 Å². The maximum absolute atomic E-state index is 12.1. The monoisotopic (exact) mass is 378 g/mol. The van der Waals surface area contributed by atoms with Gasteiger partial charge < -0.3 is 15.4 Å². The summed E-state index contributed by atoms with van der Waals surface area (Å²) in [7, 11) is 0. The molecule has 0 unspecified atom stereocenters. The Hall–Kier alpha value is -2.70. The van der Waals surface area contributed by atoms with Crippen molar-refractivity contribution < 1.29 is 9.90 Å². The second-order valence-corrected chi connectivity index (χ2v) is 7.41. The number of H-pyrrole nitrogens is 1. The number of fused-ring (bicyclic) bond motifs is 2. The number of nitrogens with one attached hydrogen (secondary N) is 2. The Morgan fingerprint density at radius 1 is 1.18 bits per heavy atom. The molecule has 0 aliphatic carbocycles. The Balaban J connectivity index is 1.19. The van der Waals surface area contributed by atoms with E-state index in [0.717, 1.165) is 36.4 Å². The molecule has 0 saturated heterocycles. The summed E-state index contributed by atoms with van der Waals surface area (Å²) in [5.74, 6) is 0.743. The fourth-order valence-electron chi connectivity index (χ4n) is 3.75. The number of aliphatic hydroxyl groups excluding tert-OH is 1. The van der Waals surface area contributed by atoms with Crippen molar-refractivity contribution in [3.05, 3.63) is 65.5 Å². The number of hydrogen-bond donors (Lipinski definition) is 3. The topological polar surface area (TPSA) is 81.2 Å². The van der Waals surface area contributed by atoms with E-state index in [2.05, 4.69) is 44.5 Å². The number of amides is 1. The molecule has 3 N–H and O–H groups in total. The van der Waals surface area contributed by atoms with Gasteiger partial charge in [0, 0.05) is 39.0 Å². The highest BCUT2D eigenvalue weighted by molar-refractivity contribution is 5.77. The summed E-state index contributed by atoms with van der Waals surface area (Å²) in [6.45, 7) is 2.64. The van der Waals surface area contributed by atoms with Crippen molar-refractivity contribution in [2.45, 2.75) is 31.9 Å². The van der Waals surface area contributed by atoms with Crippen LogP contribution in [0.2, 0.25) is 0 Å². The summed E-state index contributed by atoms with van der Waals surface area (Å²) >= 11 is 0. The molecule has 146 valence electrons. The summed E-state index contributed by atoms with van der Waals surface area (Å²) in [4.78, 5) is 22.1. The van der Waals surface area contributed by atoms with Gasteiger partial charge in [-0.25, -0.2) is 4.98 Å². The molecule has 0 saturated carbocycles. The van der Waals surface area contributed by atoms with Crippen molar-refractivity contribution in [2.24, 2.45) is 0 Å². The summed E-state index contributed by atoms with van der Waals surface area (Å²) in [6, 6.07) is 16.3. The molecule has 2 aromatic carbocycles. The van der Waals surface area contributed by atoms with Gasteiger partial charge in [-0.2, -0.15) is 0 Å². The number of aryl methyl sites for hydroxylation is 1. The van der Waals surface area contributed by atoms with Crippen LogP contribution >= 0.6 is 0 Å². The van der Waals surface area contributed by atoms with Gasteiger partial charge in [0.15, 0.2) is 0 Å². The van der Waals surface area contributed by atoms with Crippen LogP contribution in [-0.4, -0.2) is 51.6 Å². The van der Waals surface area contributed by atoms with Crippen molar-refractivity contribution in [1.82, 2.24) is 20.2 Å². The Bertz CT molecular complexity index is 919. The van der Waals surface area contributed by atoms with Crippen LogP contribution in [0.1, 0.15) is 23.4 Å². The van der Waals surface area contributed by atoms with Gasteiger partial charge in [0.1, 0.15) is 5.82 Å². The van der Waals surface area contributed by atoms with E-state index in [4.69, 9.17) is 0 Å². The first-order valence-corrected chi connectivity index (χ1v) is 9.85. The lowest BCUT2D eigenvalue weighted by atomic mass is 10.00. The highest BCUT2D eigenvalue weighted by Crippen LogP contribution is 2.18. The van der Waals surface area contributed by atoms with Crippen molar-refractivity contribution in [1.29, 1.82) is 0 Å². The van der Waals surface area contributed by atoms with Crippen LogP contribution in [-0.2, 0) is 24.2 Å². The highest BCUT2D eigenvalue weighted by Gasteiger charge is 2.18. The van der Waals surface area contributed by atoms with Gasteiger partial charge in [0.25, 0.3) is 0 Å². The Kier molecular flexibility index (Phi) is 5.69. The summed E-state index contributed by atoms with van der Waals surface area (Å²) in [6.07, 6.45) is 1.34. The van der Waals surface area contributed by atoms with Crippen LogP contribution in [0.15, 0.2) is 48.5 Å². The van der Waals surface area contributed by atoms with Gasteiger partial charge in [-0.15, -0.1) is 0 Å². The number of rotatable bonds is 7. The first kappa shape index (κ1) is 18.7. The number of benzene rings is 2. The number of aromatic nitrogens is 2. The lowest BCUT2D eigenvalue weighted by Gasteiger charge is -2.30. The molecular weight excluding hydrogens is 352 g/mol. The number of para-hydroxylation sites is 2. The average molecular weight is 378 g/mol. The SMILES string of the molecule is O=C(CCc1nc2ccccc2[nH]1)NC[C@@H](O)CN1CCc2ccccc2C1. The molecule has 1 aliphatic rings. The van der Waals surface area contributed by atoms with E-state index in [0.29, 0.717) is 19.4 Å². The van der Waals surface area contributed by atoms with Gasteiger partial charge in [-0.3, -0.25) is 9.69 Å². The number of carbonyl (C=O) groups excluding carboxylic acids is 1. The van der Waals surface area contributed by atoms with Gasteiger partial charge in [-0.1, -0.05) is 36.4 Å². The molecule has 0 radical (unpaired) electrons. The van der Waals surface area contributed by atoms with E-state index in [1.165, 1.54) is 11.1 Å². The molecular formula is C22H26N4O2. The third kappa shape index (κ3) is 4.58. The molecule has 0 bridgehead atoms. The Labute approximate surface area is 164 Å². The minimum Gasteiger partial charge on any atom is -0.390 e. The van der Waals surface area contributed by atoms with Crippen LogP contribution in [0.4, 0.5) is 0 Å². The summed E-state index contributed by atoms with van der Waals surface area (Å²) < 4.78 is 0. The number of β-amino-alcohol motifs (C(OH)–C–C–N with tert-alkyl or cyclic N) is 1. The Morgan fingerprint density at radius 3 is 2.82 bits per heavy atom. The molecule has 6 heteroatoms. The van der Waals surface area contributed by atoms with Crippen LogP contribution in [0.3, 0.4) is 0 Å². The molecule has 1 amide bonds. The maximum atomic E-state index is 12.1. The second kappa shape index (κ2) is 8.54. The zero-order valence-electron chi connectivity index (χ0n) is 15.9. The first-order chi connectivity index (χ1) is 13.7. The predicted molar refractivity (Wildman–Crippen MR) is 109 cm³/mol. The van der Waals surface area contributed by atoms with Gasteiger partial charge in [0.2, 0.25) is 5.91 Å². The molecule has 0 fully saturated rings. The minimum atomic E-state index is -0.569. The standard InChI is InChI=1S/C22H26N4O2/c27-18(15-26-12-11-16-5-1-2-6-17(16)14-26)13-23-22(28)10-9-21-24-19-7-3-4-8-20(19)25-21/h1-8,18,27H,9-15H2,(H,23,28)(H,24,25)/t18-/m1/s1. The van der Waals surface area contributed by atoms with E-state index in [1.54, 1.807) is 0 Å². The molecule has 28 heavy (non-hydrogen) atoms. The lowest BCUT2D eigenvalue weighted by molar-refractivity contribution is -0.121. The zero-order valence-corrected chi connectivity index (χ0v) is 15.9. The van der Waals surface area contributed by atoms with Crippen LogP contribution in [0, 0.1) is 0 Å². The zero-order chi connectivity index (χ0) is 19.3. The van der Waals surface area contributed by atoms with Gasteiger partial charge in [0.05, 0.1) is 17.1 Å². The van der Waals surface area contributed by atoms with E-state index in [-0.39, 0.29) is 12.5 Å². The predicted octanol–water partition coefficient (Wildman–Crippen LogP) is 2.03. The quantitative estimate of drug-likeness (QED) is 0.588. The van der Waals surface area contributed by atoms with Crippen molar-refractivity contribution in [3.8, 4) is 0 Å². The third-order valence-corrected chi connectivity index (χ3v) is 5.24. The average Bonchev–Trinajstić information content (AvgIpc) is 3.14. The van der Waals surface area contributed by atoms with Crippen molar-refractivity contribution in [3.63, 3.8) is 0 Å². The Morgan fingerprint density at radius 2 is 1.96 bits per heavy atom. The van der Waals surface area contributed by atoms with E-state index in [1.807, 2.05) is 24.3 Å². The number of imidazole rings is 1.